The second-order valence-electron chi connectivity index (χ2n) is 4.50. The highest BCUT2D eigenvalue weighted by atomic mass is 14.9. The van der Waals surface area contributed by atoms with Crippen LogP contribution in [0, 0.1) is 11.8 Å². The molecule has 2 unspecified atom stereocenters. The van der Waals surface area contributed by atoms with Crippen LogP contribution in [0.3, 0.4) is 0 Å². The summed E-state index contributed by atoms with van der Waals surface area (Å²) in [6.07, 6.45) is 8.94. The Kier molecular flexibility index (Phi) is 1.77. The molecule has 1 fully saturated rings. The van der Waals surface area contributed by atoms with Gasteiger partial charge in [0.2, 0.25) is 0 Å². The number of allylic oxidation sites excluding steroid dienone is 5. The number of nitrogens with two attached hydrogens (primary N) is 1. The van der Waals surface area contributed by atoms with Gasteiger partial charge in [0.1, 0.15) is 0 Å². The van der Waals surface area contributed by atoms with E-state index in [0.29, 0.717) is 5.92 Å². The van der Waals surface area contributed by atoms with E-state index in [1.807, 2.05) is 0 Å². The maximum absolute atomic E-state index is 5.89. The van der Waals surface area contributed by atoms with Gasteiger partial charge in [0.15, 0.2) is 0 Å². The predicted octanol–water partition coefficient (Wildman–Crippen LogP) is 1.32. The van der Waals surface area contributed by atoms with Crippen molar-refractivity contribution in [3.8, 4) is 0 Å². The van der Waals surface area contributed by atoms with Crippen molar-refractivity contribution in [3.05, 3.63) is 35.1 Å². The van der Waals surface area contributed by atoms with Crippen LogP contribution in [-0.4, -0.2) is 13.1 Å². The van der Waals surface area contributed by atoms with Gasteiger partial charge in [-0.25, -0.2) is 0 Å². The van der Waals surface area contributed by atoms with Gasteiger partial charge in [-0.05, 0) is 42.9 Å². The molecular formula is C12H16N2. The highest BCUT2D eigenvalue weighted by Gasteiger charge is 2.35. The number of nitrogens with one attached hydrogen (secondary N) is 1. The van der Waals surface area contributed by atoms with Crippen molar-refractivity contribution in [2.45, 2.75) is 12.8 Å². The Bertz CT molecular complexity index is 349. The van der Waals surface area contributed by atoms with Gasteiger partial charge in [-0.2, -0.15) is 0 Å². The average Bonchev–Trinajstić information content (AvgIpc) is 2.56. The molecule has 3 aliphatic rings. The molecule has 0 spiro atoms. The van der Waals surface area contributed by atoms with Gasteiger partial charge in [-0.1, -0.05) is 17.7 Å². The topological polar surface area (TPSA) is 38.0 Å². The minimum atomic E-state index is 0.669. The highest BCUT2D eigenvalue weighted by molar-refractivity contribution is 5.43. The van der Waals surface area contributed by atoms with Crippen molar-refractivity contribution >= 4 is 0 Å². The monoisotopic (exact) mass is 188 g/mol. The standard InChI is InChI=1S/C12H16N2/c13-10-2-1-8-5-9-3-4-14-7-12(9)11(8)6-10/h1-2,5,11-12,14H,3-4,6-7,13H2. The summed E-state index contributed by atoms with van der Waals surface area (Å²) in [7, 11) is 0. The van der Waals surface area contributed by atoms with Crippen LogP contribution in [0.25, 0.3) is 0 Å². The Hall–Kier alpha value is -1.02. The van der Waals surface area contributed by atoms with E-state index in [1.165, 1.54) is 12.0 Å². The first-order valence-electron chi connectivity index (χ1n) is 5.42. The molecule has 0 aromatic carbocycles. The molecule has 2 nitrogen and oxygen atoms in total. The lowest BCUT2D eigenvalue weighted by molar-refractivity contribution is 0.386. The summed E-state index contributed by atoms with van der Waals surface area (Å²) in [6, 6.07) is 0. The number of hydrogen-bond donors (Lipinski definition) is 2. The predicted molar refractivity (Wildman–Crippen MR) is 57.5 cm³/mol. The fourth-order valence-electron chi connectivity index (χ4n) is 2.90. The Morgan fingerprint density at radius 3 is 3.14 bits per heavy atom. The van der Waals surface area contributed by atoms with Crippen molar-refractivity contribution in [2.24, 2.45) is 17.6 Å². The van der Waals surface area contributed by atoms with Crippen molar-refractivity contribution < 1.29 is 0 Å². The van der Waals surface area contributed by atoms with Crippen molar-refractivity contribution in [3.63, 3.8) is 0 Å². The van der Waals surface area contributed by atoms with Crippen LogP contribution in [0.15, 0.2) is 35.1 Å². The molecule has 0 aromatic rings. The van der Waals surface area contributed by atoms with Gasteiger partial charge in [0.05, 0.1) is 0 Å². The Morgan fingerprint density at radius 1 is 1.29 bits per heavy atom. The SMILES string of the molecule is NC1=CC=C2C=C3CCNCC3C2C1. The average molecular weight is 188 g/mol. The molecule has 2 heteroatoms. The van der Waals surface area contributed by atoms with Crippen LogP contribution in [0.4, 0.5) is 0 Å². The fraction of sp³-hybridized carbons (Fsp3) is 0.500. The molecule has 0 saturated carbocycles. The minimum absolute atomic E-state index is 0.669. The molecule has 74 valence electrons. The van der Waals surface area contributed by atoms with E-state index in [2.05, 4.69) is 23.5 Å². The van der Waals surface area contributed by atoms with Crippen LogP contribution in [-0.2, 0) is 0 Å². The summed E-state index contributed by atoms with van der Waals surface area (Å²) in [5.74, 6) is 1.39. The van der Waals surface area contributed by atoms with Gasteiger partial charge in [-0.3, -0.25) is 0 Å². The smallest absolute Gasteiger partial charge is 0.00869 e. The van der Waals surface area contributed by atoms with Crippen molar-refractivity contribution in [2.75, 3.05) is 13.1 Å². The van der Waals surface area contributed by atoms with Crippen molar-refractivity contribution in [1.82, 2.24) is 5.32 Å². The zero-order valence-corrected chi connectivity index (χ0v) is 8.29. The molecule has 1 aliphatic heterocycles. The van der Waals surface area contributed by atoms with E-state index in [0.717, 1.165) is 31.1 Å². The normalized spacial score (nSPS) is 35.3. The summed E-state index contributed by atoms with van der Waals surface area (Å²) in [4.78, 5) is 0. The largest absolute Gasteiger partial charge is 0.402 e. The van der Waals surface area contributed by atoms with E-state index in [1.54, 1.807) is 5.57 Å². The third-order valence-corrected chi connectivity index (χ3v) is 3.64. The first kappa shape index (κ1) is 8.30. The molecule has 2 aliphatic carbocycles. The third-order valence-electron chi connectivity index (χ3n) is 3.64. The number of rotatable bonds is 0. The number of hydrogen-bond acceptors (Lipinski definition) is 2. The first-order chi connectivity index (χ1) is 6.84. The van der Waals surface area contributed by atoms with E-state index < -0.39 is 0 Å². The zero-order valence-electron chi connectivity index (χ0n) is 8.29. The number of piperidine rings is 1. The minimum Gasteiger partial charge on any atom is -0.402 e. The number of fused-ring (bicyclic) bond motifs is 3. The van der Waals surface area contributed by atoms with Gasteiger partial charge in [0, 0.05) is 12.2 Å². The summed E-state index contributed by atoms with van der Waals surface area (Å²) < 4.78 is 0. The van der Waals surface area contributed by atoms with Gasteiger partial charge < -0.3 is 11.1 Å². The molecule has 0 radical (unpaired) electrons. The second-order valence-corrected chi connectivity index (χ2v) is 4.50. The van der Waals surface area contributed by atoms with Crippen molar-refractivity contribution in [1.29, 1.82) is 0 Å². The quantitative estimate of drug-likeness (QED) is 0.602. The molecule has 14 heavy (non-hydrogen) atoms. The van der Waals surface area contributed by atoms with Gasteiger partial charge in [0.25, 0.3) is 0 Å². The molecule has 0 bridgehead atoms. The molecule has 1 saturated heterocycles. The molecule has 0 amide bonds. The van der Waals surface area contributed by atoms with E-state index >= 15 is 0 Å². The lowest BCUT2D eigenvalue weighted by Crippen LogP contribution is -2.34. The lowest BCUT2D eigenvalue weighted by Gasteiger charge is -2.29. The highest BCUT2D eigenvalue weighted by Crippen LogP contribution is 2.43. The second kappa shape index (κ2) is 2.99. The zero-order chi connectivity index (χ0) is 9.54. The molecule has 1 heterocycles. The fourth-order valence-corrected chi connectivity index (χ4v) is 2.90. The maximum Gasteiger partial charge on any atom is 0.00869 e. The third kappa shape index (κ3) is 1.14. The Balaban J connectivity index is 1.94. The van der Waals surface area contributed by atoms with Crippen LogP contribution in [0.1, 0.15) is 12.8 Å². The Labute approximate surface area is 84.6 Å². The summed E-state index contributed by atoms with van der Waals surface area (Å²) in [6.45, 7) is 2.28. The summed E-state index contributed by atoms with van der Waals surface area (Å²) in [5, 5.41) is 3.48. The van der Waals surface area contributed by atoms with Crippen LogP contribution in [0.5, 0.6) is 0 Å². The van der Waals surface area contributed by atoms with E-state index in [-0.39, 0.29) is 0 Å². The van der Waals surface area contributed by atoms with Gasteiger partial charge in [-0.15, -0.1) is 0 Å². The summed E-state index contributed by atoms with van der Waals surface area (Å²) in [5.41, 5.74) is 10.1. The van der Waals surface area contributed by atoms with Crippen LogP contribution >= 0.6 is 0 Å². The summed E-state index contributed by atoms with van der Waals surface area (Å²) >= 11 is 0. The molecule has 3 rings (SSSR count). The van der Waals surface area contributed by atoms with E-state index in [4.69, 9.17) is 5.73 Å². The van der Waals surface area contributed by atoms with Gasteiger partial charge >= 0.3 is 0 Å². The van der Waals surface area contributed by atoms with Crippen LogP contribution in [0.2, 0.25) is 0 Å². The molecule has 2 atom stereocenters. The Morgan fingerprint density at radius 2 is 2.21 bits per heavy atom. The molecule has 0 aromatic heterocycles. The molecule has 3 N–H and O–H groups in total. The first-order valence-corrected chi connectivity index (χ1v) is 5.42. The molecular weight excluding hydrogens is 172 g/mol. The maximum atomic E-state index is 5.89. The van der Waals surface area contributed by atoms with Crippen LogP contribution < -0.4 is 11.1 Å². The lowest BCUT2D eigenvalue weighted by atomic mass is 9.81. The van der Waals surface area contributed by atoms with E-state index in [9.17, 15) is 0 Å².